The molecule has 0 radical (unpaired) electrons. The Morgan fingerprint density at radius 3 is 2.83 bits per heavy atom. The van der Waals surface area contributed by atoms with Crippen molar-refractivity contribution in [3.05, 3.63) is 42.4 Å². The molecule has 1 aromatic heterocycles. The van der Waals surface area contributed by atoms with E-state index in [1.54, 1.807) is 18.2 Å². The summed E-state index contributed by atoms with van der Waals surface area (Å²) in [4.78, 5) is 19.1. The number of anilines is 1. The summed E-state index contributed by atoms with van der Waals surface area (Å²) in [5.74, 6) is -0.146. The molecule has 18 heavy (non-hydrogen) atoms. The maximum atomic E-state index is 11.0. The zero-order chi connectivity index (χ0) is 13.0. The van der Waals surface area contributed by atoms with Crippen LogP contribution in [0.5, 0.6) is 0 Å². The maximum absolute atomic E-state index is 11.0. The number of hydrogen-bond acceptors (Lipinski definition) is 4. The van der Waals surface area contributed by atoms with Crippen molar-refractivity contribution >= 4 is 11.6 Å². The molecule has 0 aliphatic rings. The first-order chi connectivity index (χ1) is 8.70. The van der Waals surface area contributed by atoms with Gasteiger partial charge in [0.15, 0.2) is 5.69 Å². The molecule has 1 aromatic carbocycles. The molecular formula is C13H10N4O. The zero-order valence-electron chi connectivity index (χ0n) is 9.71. The van der Waals surface area contributed by atoms with E-state index < -0.39 is 0 Å². The number of benzene rings is 1. The monoisotopic (exact) mass is 238 g/mol. The van der Waals surface area contributed by atoms with E-state index in [-0.39, 0.29) is 11.6 Å². The van der Waals surface area contributed by atoms with Crippen LogP contribution in [-0.2, 0) is 4.79 Å². The second kappa shape index (κ2) is 5.06. The SMILES string of the molecule is CC(=O)Nc1cccc(-c2nccnc2C#N)c1. The number of nitriles is 1. The number of aromatic nitrogens is 2. The van der Waals surface area contributed by atoms with Gasteiger partial charge >= 0.3 is 0 Å². The van der Waals surface area contributed by atoms with Crippen molar-refractivity contribution in [3.63, 3.8) is 0 Å². The summed E-state index contributed by atoms with van der Waals surface area (Å²) in [5, 5.41) is 11.7. The minimum absolute atomic E-state index is 0.146. The van der Waals surface area contributed by atoms with Crippen LogP contribution >= 0.6 is 0 Å². The van der Waals surface area contributed by atoms with E-state index in [0.29, 0.717) is 11.4 Å². The van der Waals surface area contributed by atoms with E-state index in [9.17, 15) is 4.79 Å². The van der Waals surface area contributed by atoms with Gasteiger partial charge in [-0.25, -0.2) is 4.98 Å². The van der Waals surface area contributed by atoms with Crippen LogP contribution in [0.1, 0.15) is 12.6 Å². The fourth-order valence-electron chi connectivity index (χ4n) is 1.58. The highest BCUT2D eigenvalue weighted by atomic mass is 16.1. The molecule has 0 bridgehead atoms. The number of amides is 1. The van der Waals surface area contributed by atoms with Crippen molar-refractivity contribution < 1.29 is 4.79 Å². The number of hydrogen-bond donors (Lipinski definition) is 1. The molecule has 88 valence electrons. The third-order valence-electron chi connectivity index (χ3n) is 2.26. The summed E-state index contributed by atoms with van der Waals surface area (Å²) >= 11 is 0. The van der Waals surface area contributed by atoms with Gasteiger partial charge in [0.2, 0.25) is 5.91 Å². The Kier molecular flexibility index (Phi) is 3.30. The second-order valence-corrected chi connectivity index (χ2v) is 3.63. The first-order valence-electron chi connectivity index (χ1n) is 5.30. The van der Waals surface area contributed by atoms with Crippen LogP contribution in [0, 0.1) is 11.3 Å². The lowest BCUT2D eigenvalue weighted by Gasteiger charge is -2.05. The van der Waals surface area contributed by atoms with E-state index in [4.69, 9.17) is 5.26 Å². The molecule has 0 saturated heterocycles. The van der Waals surface area contributed by atoms with Crippen LogP contribution in [0.3, 0.4) is 0 Å². The predicted molar refractivity (Wildman–Crippen MR) is 66.5 cm³/mol. The molecule has 1 amide bonds. The van der Waals surface area contributed by atoms with E-state index in [1.807, 2.05) is 12.1 Å². The summed E-state index contributed by atoms with van der Waals surface area (Å²) in [7, 11) is 0. The minimum Gasteiger partial charge on any atom is -0.326 e. The summed E-state index contributed by atoms with van der Waals surface area (Å²) < 4.78 is 0. The normalized spacial score (nSPS) is 9.56. The molecule has 0 aliphatic carbocycles. The Labute approximate surface area is 104 Å². The molecule has 2 rings (SSSR count). The molecule has 1 heterocycles. The van der Waals surface area contributed by atoms with Crippen molar-refractivity contribution in [1.29, 1.82) is 5.26 Å². The quantitative estimate of drug-likeness (QED) is 0.867. The minimum atomic E-state index is -0.146. The van der Waals surface area contributed by atoms with Gasteiger partial charge in [-0.3, -0.25) is 9.78 Å². The van der Waals surface area contributed by atoms with Crippen LogP contribution in [0.15, 0.2) is 36.7 Å². The van der Waals surface area contributed by atoms with Crippen LogP contribution in [0.4, 0.5) is 5.69 Å². The maximum Gasteiger partial charge on any atom is 0.221 e. The fraction of sp³-hybridized carbons (Fsp3) is 0.0769. The Hall–Kier alpha value is -2.74. The van der Waals surface area contributed by atoms with Gasteiger partial charge in [0.05, 0.1) is 0 Å². The largest absolute Gasteiger partial charge is 0.326 e. The van der Waals surface area contributed by atoms with Gasteiger partial charge in [0, 0.05) is 30.6 Å². The van der Waals surface area contributed by atoms with E-state index in [1.165, 1.54) is 19.3 Å². The van der Waals surface area contributed by atoms with Gasteiger partial charge in [-0.2, -0.15) is 5.26 Å². The lowest BCUT2D eigenvalue weighted by Crippen LogP contribution is -2.05. The van der Waals surface area contributed by atoms with Crippen LogP contribution in [0.25, 0.3) is 11.3 Å². The van der Waals surface area contributed by atoms with Gasteiger partial charge in [-0.15, -0.1) is 0 Å². The smallest absolute Gasteiger partial charge is 0.221 e. The molecule has 5 heteroatoms. The van der Waals surface area contributed by atoms with Gasteiger partial charge in [0.25, 0.3) is 0 Å². The Balaban J connectivity index is 2.45. The molecule has 5 nitrogen and oxygen atoms in total. The van der Waals surface area contributed by atoms with Gasteiger partial charge in [0.1, 0.15) is 11.8 Å². The van der Waals surface area contributed by atoms with Gasteiger partial charge < -0.3 is 5.32 Å². The predicted octanol–water partition coefficient (Wildman–Crippen LogP) is 1.97. The molecule has 0 atom stereocenters. The zero-order valence-corrected chi connectivity index (χ0v) is 9.71. The van der Waals surface area contributed by atoms with Crippen LogP contribution < -0.4 is 5.32 Å². The summed E-state index contributed by atoms with van der Waals surface area (Å²) in [6, 6.07) is 9.12. The highest BCUT2D eigenvalue weighted by Gasteiger charge is 2.07. The highest BCUT2D eigenvalue weighted by molar-refractivity contribution is 5.89. The van der Waals surface area contributed by atoms with Gasteiger partial charge in [-0.1, -0.05) is 12.1 Å². The molecule has 0 unspecified atom stereocenters. The van der Waals surface area contributed by atoms with Crippen molar-refractivity contribution in [1.82, 2.24) is 9.97 Å². The fourth-order valence-corrected chi connectivity index (χ4v) is 1.58. The average molecular weight is 238 g/mol. The molecular weight excluding hydrogens is 228 g/mol. The van der Waals surface area contributed by atoms with Crippen molar-refractivity contribution in [2.45, 2.75) is 6.92 Å². The van der Waals surface area contributed by atoms with Crippen molar-refractivity contribution in [2.75, 3.05) is 5.32 Å². The van der Waals surface area contributed by atoms with E-state index >= 15 is 0 Å². The Morgan fingerprint density at radius 1 is 1.33 bits per heavy atom. The number of carbonyl (C=O) groups is 1. The number of carbonyl (C=O) groups excluding carboxylic acids is 1. The van der Waals surface area contributed by atoms with Crippen molar-refractivity contribution in [3.8, 4) is 17.3 Å². The Morgan fingerprint density at radius 2 is 2.11 bits per heavy atom. The van der Waals surface area contributed by atoms with Crippen LogP contribution in [0.2, 0.25) is 0 Å². The molecule has 2 aromatic rings. The summed E-state index contributed by atoms with van der Waals surface area (Å²) in [6.07, 6.45) is 3.00. The lowest BCUT2D eigenvalue weighted by atomic mass is 10.1. The topological polar surface area (TPSA) is 78.7 Å². The van der Waals surface area contributed by atoms with Crippen LogP contribution in [-0.4, -0.2) is 15.9 Å². The Bertz CT molecular complexity index is 631. The number of nitrogens with one attached hydrogen (secondary N) is 1. The summed E-state index contributed by atoms with van der Waals surface area (Å²) in [6.45, 7) is 1.44. The number of nitrogens with zero attached hydrogens (tertiary/aromatic N) is 3. The molecule has 1 N–H and O–H groups in total. The van der Waals surface area contributed by atoms with E-state index in [2.05, 4.69) is 15.3 Å². The molecule has 0 fully saturated rings. The highest BCUT2D eigenvalue weighted by Crippen LogP contribution is 2.22. The van der Waals surface area contributed by atoms with E-state index in [0.717, 1.165) is 5.56 Å². The third kappa shape index (κ3) is 2.50. The first kappa shape index (κ1) is 11.7. The average Bonchev–Trinajstić information content (AvgIpc) is 2.38. The van der Waals surface area contributed by atoms with Gasteiger partial charge in [-0.05, 0) is 12.1 Å². The van der Waals surface area contributed by atoms with Crippen molar-refractivity contribution in [2.24, 2.45) is 0 Å². The number of rotatable bonds is 2. The first-order valence-corrected chi connectivity index (χ1v) is 5.30. The molecule has 0 spiro atoms. The lowest BCUT2D eigenvalue weighted by molar-refractivity contribution is -0.114. The second-order valence-electron chi connectivity index (χ2n) is 3.63. The molecule has 0 aliphatic heterocycles. The third-order valence-corrected chi connectivity index (χ3v) is 2.26. The standard InChI is InChI=1S/C13H10N4O/c1-9(18)17-11-4-2-3-10(7-11)13-12(8-14)15-5-6-16-13/h2-7H,1H3,(H,17,18). The molecule has 0 saturated carbocycles. The summed E-state index contributed by atoms with van der Waals surface area (Å²) in [5.41, 5.74) is 2.17.